The summed E-state index contributed by atoms with van der Waals surface area (Å²) in [5.41, 5.74) is 2.58. The molecule has 0 radical (unpaired) electrons. The average molecular weight is 381 g/mol. The lowest BCUT2D eigenvalue weighted by molar-refractivity contribution is 0.0940. The van der Waals surface area contributed by atoms with Gasteiger partial charge in [0, 0.05) is 42.0 Å². The van der Waals surface area contributed by atoms with Gasteiger partial charge in [-0.25, -0.2) is 0 Å². The van der Waals surface area contributed by atoms with Crippen molar-refractivity contribution in [3.05, 3.63) is 107 Å². The minimum Gasteiger partial charge on any atom is -0.378 e. The summed E-state index contributed by atoms with van der Waals surface area (Å²) in [5, 5.41) is 0. The second-order valence-electron chi connectivity index (χ2n) is 7.09. The van der Waals surface area contributed by atoms with E-state index in [-0.39, 0.29) is 22.5 Å². The Hall–Kier alpha value is -3.79. The molecule has 3 aromatic rings. The number of carbonyl (C=O) groups excluding carboxylic acids is 3. The number of nitrogens with zero attached hydrogens (tertiary/aromatic N) is 1. The van der Waals surface area contributed by atoms with Gasteiger partial charge in [0.1, 0.15) is 0 Å². The van der Waals surface area contributed by atoms with Gasteiger partial charge < -0.3 is 4.90 Å². The van der Waals surface area contributed by atoms with E-state index in [1.54, 1.807) is 66.7 Å². The number of ketones is 3. The third-order valence-electron chi connectivity index (χ3n) is 5.06. The minimum absolute atomic E-state index is 0.0718. The van der Waals surface area contributed by atoms with Crippen LogP contribution in [0.4, 0.5) is 5.69 Å². The summed E-state index contributed by atoms with van der Waals surface area (Å²) >= 11 is 0. The molecule has 1 aliphatic carbocycles. The van der Waals surface area contributed by atoms with Gasteiger partial charge in [-0.3, -0.25) is 14.4 Å². The first-order valence-electron chi connectivity index (χ1n) is 9.29. The van der Waals surface area contributed by atoms with Crippen LogP contribution in [-0.2, 0) is 0 Å². The number of anilines is 1. The van der Waals surface area contributed by atoms with Crippen LogP contribution in [0.5, 0.6) is 0 Å². The van der Waals surface area contributed by atoms with Crippen molar-refractivity contribution < 1.29 is 14.4 Å². The molecule has 0 aliphatic heterocycles. The van der Waals surface area contributed by atoms with Crippen LogP contribution >= 0.6 is 0 Å². The maximum atomic E-state index is 13.4. The van der Waals surface area contributed by atoms with E-state index in [0.29, 0.717) is 16.7 Å². The Kier molecular flexibility index (Phi) is 4.69. The highest BCUT2D eigenvalue weighted by molar-refractivity contribution is 6.49. The number of allylic oxidation sites excluding steroid dienone is 2. The highest BCUT2D eigenvalue weighted by atomic mass is 16.2. The molecule has 0 bridgehead atoms. The summed E-state index contributed by atoms with van der Waals surface area (Å²) in [6.45, 7) is 0. The monoisotopic (exact) mass is 381 g/mol. The molecule has 0 spiro atoms. The van der Waals surface area contributed by atoms with E-state index in [4.69, 9.17) is 0 Å². The predicted octanol–water partition coefficient (Wildman–Crippen LogP) is 4.47. The lowest BCUT2D eigenvalue weighted by Crippen LogP contribution is -2.26. The fourth-order valence-corrected chi connectivity index (χ4v) is 3.53. The van der Waals surface area contributed by atoms with E-state index in [9.17, 15) is 14.4 Å². The second kappa shape index (κ2) is 7.32. The van der Waals surface area contributed by atoms with Crippen LogP contribution in [0.1, 0.15) is 36.6 Å². The van der Waals surface area contributed by atoms with Crippen LogP contribution in [0.2, 0.25) is 0 Å². The molecule has 0 amide bonds. The zero-order chi connectivity index (χ0) is 20.5. The summed E-state index contributed by atoms with van der Waals surface area (Å²) in [7, 11) is 3.84. The number of hydrogen-bond acceptors (Lipinski definition) is 4. The van der Waals surface area contributed by atoms with Gasteiger partial charge in [-0.05, 0) is 17.7 Å². The van der Waals surface area contributed by atoms with E-state index in [1.165, 1.54) is 0 Å². The third kappa shape index (κ3) is 3.19. The highest BCUT2D eigenvalue weighted by Gasteiger charge is 2.36. The largest absolute Gasteiger partial charge is 0.378 e. The molecule has 0 saturated heterocycles. The fourth-order valence-electron chi connectivity index (χ4n) is 3.53. The van der Waals surface area contributed by atoms with Crippen molar-refractivity contribution >= 4 is 28.6 Å². The van der Waals surface area contributed by atoms with Crippen LogP contribution in [-0.4, -0.2) is 31.4 Å². The minimum atomic E-state index is -0.440. The molecular weight excluding hydrogens is 362 g/mol. The first-order chi connectivity index (χ1) is 14.0. The zero-order valence-corrected chi connectivity index (χ0v) is 16.2. The van der Waals surface area contributed by atoms with E-state index in [1.807, 2.05) is 31.1 Å². The quantitative estimate of drug-likeness (QED) is 0.494. The molecule has 3 aromatic carbocycles. The van der Waals surface area contributed by atoms with Crippen molar-refractivity contribution in [1.29, 1.82) is 0 Å². The van der Waals surface area contributed by atoms with Gasteiger partial charge in [0.05, 0.1) is 5.57 Å². The normalized spacial score (nSPS) is 13.3. The molecule has 0 saturated carbocycles. The van der Waals surface area contributed by atoms with Crippen molar-refractivity contribution in [2.75, 3.05) is 19.0 Å². The number of hydrogen-bond donors (Lipinski definition) is 0. The van der Waals surface area contributed by atoms with E-state index in [2.05, 4.69) is 0 Å². The van der Waals surface area contributed by atoms with Crippen LogP contribution in [0.25, 0.3) is 5.57 Å². The maximum absolute atomic E-state index is 13.4. The van der Waals surface area contributed by atoms with Crippen molar-refractivity contribution in [1.82, 2.24) is 0 Å². The molecule has 0 unspecified atom stereocenters. The molecule has 4 rings (SSSR count). The standard InChI is InChI=1S/C25H19NO3/c1-26(2)18-14-12-16(13-15-18)21-22(23(27)17-8-4-3-5-9-17)25(29)20-11-7-6-10-19(20)24(21)28/h3-15H,1-2H3. The van der Waals surface area contributed by atoms with Crippen molar-refractivity contribution in [3.8, 4) is 0 Å². The summed E-state index contributed by atoms with van der Waals surface area (Å²) in [5.74, 6) is -1.16. The molecule has 4 nitrogen and oxygen atoms in total. The van der Waals surface area contributed by atoms with Crippen LogP contribution in [0.15, 0.2) is 84.4 Å². The zero-order valence-electron chi connectivity index (χ0n) is 16.2. The van der Waals surface area contributed by atoms with E-state index in [0.717, 1.165) is 5.69 Å². The molecule has 0 N–H and O–H groups in total. The first kappa shape index (κ1) is 18.6. The fraction of sp³-hybridized carbons (Fsp3) is 0.0800. The Morgan fingerprint density at radius 3 is 1.83 bits per heavy atom. The molecule has 0 fully saturated rings. The predicted molar refractivity (Wildman–Crippen MR) is 114 cm³/mol. The summed E-state index contributed by atoms with van der Waals surface area (Å²) in [6.07, 6.45) is 0. The molecular formula is C25H19NO3. The number of Topliss-reactive ketones (excluding diaryl/α,β-unsaturated/α-hetero) is 3. The Morgan fingerprint density at radius 1 is 0.690 bits per heavy atom. The smallest absolute Gasteiger partial charge is 0.198 e. The summed E-state index contributed by atoms with van der Waals surface area (Å²) in [6, 6.07) is 22.5. The molecule has 29 heavy (non-hydrogen) atoms. The van der Waals surface area contributed by atoms with Gasteiger partial charge >= 0.3 is 0 Å². The Bertz CT molecular complexity index is 1160. The highest BCUT2D eigenvalue weighted by Crippen LogP contribution is 2.34. The third-order valence-corrected chi connectivity index (χ3v) is 5.06. The lowest BCUT2D eigenvalue weighted by Gasteiger charge is -2.21. The van der Waals surface area contributed by atoms with Crippen LogP contribution < -0.4 is 4.90 Å². The summed E-state index contributed by atoms with van der Waals surface area (Å²) in [4.78, 5) is 41.9. The molecule has 0 atom stereocenters. The number of rotatable bonds is 4. The Balaban J connectivity index is 1.95. The average Bonchev–Trinajstić information content (AvgIpc) is 2.76. The van der Waals surface area contributed by atoms with Gasteiger partial charge in [0.2, 0.25) is 0 Å². The SMILES string of the molecule is CN(C)c1ccc(C2=C(C(=O)c3ccccc3)C(=O)c3ccccc3C2=O)cc1. The molecule has 1 aliphatic rings. The van der Waals surface area contributed by atoms with Gasteiger partial charge in [0.15, 0.2) is 17.3 Å². The molecule has 0 aromatic heterocycles. The Morgan fingerprint density at radius 2 is 1.24 bits per heavy atom. The molecule has 4 heteroatoms. The van der Waals surface area contributed by atoms with E-state index >= 15 is 0 Å². The van der Waals surface area contributed by atoms with Crippen molar-refractivity contribution in [2.24, 2.45) is 0 Å². The topological polar surface area (TPSA) is 54.5 Å². The first-order valence-corrected chi connectivity index (χ1v) is 9.29. The van der Waals surface area contributed by atoms with Gasteiger partial charge in [-0.1, -0.05) is 66.7 Å². The van der Waals surface area contributed by atoms with Crippen molar-refractivity contribution in [3.63, 3.8) is 0 Å². The van der Waals surface area contributed by atoms with Gasteiger partial charge in [0.25, 0.3) is 0 Å². The number of carbonyl (C=O) groups is 3. The van der Waals surface area contributed by atoms with Crippen molar-refractivity contribution in [2.45, 2.75) is 0 Å². The van der Waals surface area contributed by atoms with Crippen LogP contribution in [0.3, 0.4) is 0 Å². The van der Waals surface area contributed by atoms with Gasteiger partial charge in [-0.15, -0.1) is 0 Å². The lowest BCUT2D eigenvalue weighted by atomic mass is 9.78. The molecule has 0 heterocycles. The van der Waals surface area contributed by atoms with Gasteiger partial charge in [-0.2, -0.15) is 0 Å². The van der Waals surface area contributed by atoms with Crippen LogP contribution in [0, 0.1) is 0 Å². The second-order valence-corrected chi connectivity index (χ2v) is 7.09. The number of benzene rings is 3. The van der Waals surface area contributed by atoms with E-state index < -0.39 is 11.6 Å². The number of fused-ring (bicyclic) bond motifs is 1. The molecule has 142 valence electrons. The Labute approximate surface area is 169 Å². The summed E-state index contributed by atoms with van der Waals surface area (Å²) < 4.78 is 0. The maximum Gasteiger partial charge on any atom is 0.198 e.